The van der Waals surface area contributed by atoms with Crippen LogP contribution in [0.4, 0.5) is 15.8 Å². The molecule has 0 atom stereocenters. The van der Waals surface area contributed by atoms with Crippen LogP contribution in [0.2, 0.25) is 0 Å². The summed E-state index contributed by atoms with van der Waals surface area (Å²) in [5.41, 5.74) is 11.4. The van der Waals surface area contributed by atoms with Gasteiger partial charge in [-0.2, -0.15) is 0 Å². The Labute approximate surface area is 251 Å². The van der Waals surface area contributed by atoms with E-state index in [0.717, 1.165) is 41.7 Å². The van der Waals surface area contributed by atoms with Crippen LogP contribution in [-0.2, 0) is 13.2 Å². The average Bonchev–Trinajstić information content (AvgIpc) is 3.01. The van der Waals surface area contributed by atoms with E-state index < -0.39 is 18.4 Å². The maximum atomic E-state index is 11.5. The predicted octanol–water partition coefficient (Wildman–Crippen LogP) is 5.51. The first-order chi connectivity index (χ1) is 20.8. The molecule has 0 bridgehead atoms. The highest BCUT2D eigenvalue weighted by molar-refractivity contribution is 9.09. The Balaban J connectivity index is 0.000000276. The topological polar surface area (TPSA) is 156 Å². The standard InChI is InChI=1S/C14H16BrNO3.C14H16N4O3.CH3F/c1-2-16(6-5-15)11-3-4-12-10(9-17)7-14(18)19-13(12)8-11;1-2-18(6-5-16-17-15)11-3-4-12-10(9-19)7-14(20)21-13(12)8-11;1-2/h3-4,7-8,17H,2,5-6,9H2,1H3;3-4,7-8,19H,2,5-6,9H2,1H3;1H3/i;;1D. The lowest BCUT2D eigenvalue weighted by Gasteiger charge is -2.22. The summed E-state index contributed by atoms with van der Waals surface area (Å²) in [4.78, 5) is 29.8. The van der Waals surface area contributed by atoms with E-state index in [0.29, 0.717) is 40.8 Å². The molecule has 226 valence electrons. The van der Waals surface area contributed by atoms with E-state index in [9.17, 15) is 24.2 Å². The smallest absolute Gasteiger partial charge is 0.336 e. The number of halogens is 2. The van der Waals surface area contributed by atoms with Gasteiger partial charge in [-0.1, -0.05) is 21.0 Å². The molecule has 2 heterocycles. The third-order valence-electron chi connectivity index (χ3n) is 6.35. The second-order valence-electron chi connectivity index (χ2n) is 8.66. The van der Waals surface area contributed by atoms with E-state index in [2.05, 4.69) is 37.8 Å². The fraction of sp³-hybridized carbons (Fsp3) is 0.379. The SMILES string of the molecule is CCN(CCBr)c1ccc2c(CO)cc(=O)oc2c1.CCN(CCN=[N+]=[N-])c1ccc2c(CO)cc(=O)oc2c1.[2H]CF. The predicted molar refractivity (Wildman–Crippen MR) is 167 cm³/mol. The van der Waals surface area contributed by atoms with Crippen molar-refractivity contribution < 1.29 is 24.8 Å². The number of nitrogens with zero attached hydrogens (tertiary/aromatic N) is 5. The number of hydrogen-bond acceptors (Lipinski definition) is 9. The van der Waals surface area contributed by atoms with Crippen molar-refractivity contribution in [3.8, 4) is 0 Å². The maximum Gasteiger partial charge on any atom is 0.336 e. The number of hydrogen-bond donors (Lipinski definition) is 2. The van der Waals surface area contributed by atoms with Gasteiger partial charge in [-0.3, -0.25) is 4.39 Å². The summed E-state index contributed by atoms with van der Waals surface area (Å²) in [6, 6.07) is 13.8. The first kappa shape index (κ1) is 32.6. The third-order valence-corrected chi connectivity index (χ3v) is 6.70. The number of azide groups is 1. The summed E-state index contributed by atoms with van der Waals surface area (Å²) >= 11 is 3.42. The highest BCUT2D eigenvalue weighted by Gasteiger charge is 2.10. The van der Waals surface area contributed by atoms with Crippen molar-refractivity contribution in [3.05, 3.63) is 90.9 Å². The molecule has 2 aromatic carbocycles. The summed E-state index contributed by atoms with van der Waals surface area (Å²) in [5, 5.41) is 24.5. The van der Waals surface area contributed by atoms with Gasteiger partial charge in [-0.15, -0.1) is 0 Å². The quantitative estimate of drug-likeness (QED) is 0.0708. The number of alkyl halides is 2. The van der Waals surface area contributed by atoms with Crippen LogP contribution in [0.1, 0.15) is 26.3 Å². The summed E-state index contributed by atoms with van der Waals surface area (Å²) in [6.45, 7) is 7.12. The summed E-state index contributed by atoms with van der Waals surface area (Å²) in [5.74, 6) is 0. The van der Waals surface area contributed by atoms with Crippen molar-refractivity contribution in [1.29, 1.82) is 0 Å². The number of anilines is 2. The molecule has 2 aromatic heterocycles. The minimum Gasteiger partial charge on any atom is -0.423 e. The summed E-state index contributed by atoms with van der Waals surface area (Å²) in [6.07, 6.45) is 0. The van der Waals surface area contributed by atoms with Crippen LogP contribution in [-0.4, -0.2) is 55.4 Å². The summed E-state index contributed by atoms with van der Waals surface area (Å²) < 4.78 is 25.9. The van der Waals surface area contributed by atoms with Crippen LogP contribution in [0.5, 0.6) is 0 Å². The Morgan fingerprint density at radius 3 is 1.74 bits per heavy atom. The molecule has 0 fully saturated rings. The number of fused-ring (bicyclic) bond motifs is 2. The molecule has 0 aliphatic carbocycles. The lowest BCUT2D eigenvalue weighted by atomic mass is 10.1. The van der Waals surface area contributed by atoms with Gasteiger partial charge in [-0.05, 0) is 54.8 Å². The zero-order valence-corrected chi connectivity index (χ0v) is 25.1. The maximum absolute atomic E-state index is 11.5. The lowest BCUT2D eigenvalue weighted by Crippen LogP contribution is -2.25. The zero-order valence-electron chi connectivity index (χ0n) is 24.5. The fourth-order valence-corrected chi connectivity index (χ4v) is 4.77. The second kappa shape index (κ2) is 17.8. The van der Waals surface area contributed by atoms with E-state index in [4.69, 9.17) is 15.7 Å². The zero-order chi connectivity index (χ0) is 31.8. The molecule has 2 N–H and O–H groups in total. The van der Waals surface area contributed by atoms with Crippen molar-refractivity contribution in [3.63, 3.8) is 0 Å². The highest BCUT2D eigenvalue weighted by atomic mass is 79.9. The first-order valence-electron chi connectivity index (χ1n) is 13.8. The number of likely N-dealkylation sites (N-methyl/N-ethyl adjacent to an activating group) is 1. The monoisotopic (exact) mass is 648 g/mol. The molecule has 4 rings (SSSR count). The van der Waals surface area contributed by atoms with Gasteiger partial charge in [0.25, 0.3) is 0 Å². The molecular formula is C29H35BrFN5O6. The molecular weight excluding hydrogens is 613 g/mol. The van der Waals surface area contributed by atoms with Gasteiger partial charge in [0.1, 0.15) is 11.2 Å². The van der Waals surface area contributed by atoms with Crippen molar-refractivity contribution in [2.45, 2.75) is 27.1 Å². The molecule has 4 aromatic rings. The third kappa shape index (κ3) is 9.05. The Morgan fingerprint density at radius 1 is 0.905 bits per heavy atom. The number of aliphatic hydroxyl groups is 2. The molecule has 13 heteroatoms. The lowest BCUT2D eigenvalue weighted by molar-refractivity contribution is 0.282. The van der Waals surface area contributed by atoms with E-state index in [1.807, 2.05) is 42.2 Å². The van der Waals surface area contributed by atoms with Gasteiger partial charge in [-0.25, -0.2) is 9.59 Å². The molecule has 42 heavy (non-hydrogen) atoms. The number of aliphatic hydroxyl groups excluding tert-OH is 2. The molecule has 0 amide bonds. The Hall–Kier alpha value is -3.90. The first-order valence-corrected chi connectivity index (χ1v) is 14.2. The van der Waals surface area contributed by atoms with E-state index >= 15 is 0 Å². The van der Waals surface area contributed by atoms with Gasteiger partial charge in [0.15, 0.2) is 0 Å². The van der Waals surface area contributed by atoms with Crippen molar-refractivity contribution >= 4 is 49.2 Å². The molecule has 0 spiro atoms. The molecule has 0 unspecified atom stereocenters. The molecule has 11 nitrogen and oxygen atoms in total. The van der Waals surface area contributed by atoms with Crippen LogP contribution >= 0.6 is 15.9 Å². The van der Waals surface area contributed by atoms with Gasteiger partial charge in [0.05, 0.1) is 21.7 Å². The van der Waals surface area contributed by atoms with Gasteiger partial charge >= 0.3 is 11.3 Å². The number of benzene rings is 2. The van der Waals surface area contributed by atoms with E-state index in [1.54, 1.807) is 6.07 Å². The van der Waals surface area contributed by atoms with Crippen LogP contribution < -0.4 is 21.1 Å². The highest BCUT2D eigenvalue weighted by Crippen LogP contribution is 2.25. The minimum atomic E-state index is -1.00. The van der Waals surface area contributed by atoms with Crippen LogP contribution in [0.25, 0.3) is 32.4 Å². The normalized spacial score (nSPS) is 10.6. The van der Waals surface area contributed by atoms with Crippen LogP contribution in [0.15, 0.2) is 72.1 Å². The Morgan fingerprint density at radius 2 is 1.36 bits per heavy atom. The van der Waals surface area contributed by atoms with Crippen molar-refractivity contribution in [1.82, 2.24) is 0 Å². The largest absolute Gasteiger partial charge is 0.423 e. The van der Waals surface area contributed by atoms with Crippen LogP contribution in [0, 0.1) is 0 Å². The molecule has 0 saturated carbocycles. The van der Waals surface area contributed by atoms with Crippen molar-refractivity contribution in [2.75, 3.05) is 55.0 Å². The second-order valence-corrected chi connectivity index (χ2v) is 9.45. The minimum absolute atomic E-state index is 0.166. The van der Waals surface area contributed by atoms with Crippen LogP contribution in [0.3, 0.4) is 0 Å². The van der Waals surface area contributed by atoms with Gasteiger partial charge in [0, 0.05) is 89.4 Å². The van der Waals surface area contributed by atoms with E-state index in [-0.39, 0.29) is 13.2 Å². The fourth-order valence-electron chi connectivity index (χ4n) is 4.34. The van der Waals surface area contributed by atoms with E-state index in [1.165, 1.54) is 12.1 Å². The number of rotatable bonds is 11. The molecule has 0 aliphatic heterocycles. The Bertz CT molecular complexity index is 1630. The molecule has 0 saturated heterocycles. The average molecular weight is 650 g/mol. The van der Waals surface area contributed by atoms with Gasteiger partial charge < -0.3 is 28.8 Å². The van der Waals surface area contributed by atoms with Crippen molar-refractivity contribution in [2.24, 2.45) is 5.11 Å². The molecule has 0 radical (unpaired) electrons. The summed E-state index contributed by atoms with van der Waals surface area (Å²) in [7, 11) is -1.00. The van der Waals surface area contributed by atoms with Gasteiger partial charge in [0.2, 0.25) is 0 Å². The molecule has 0 aliphatic rings. The Kier molecular flexibility index (Phi) is 13.8.